The lowest BCUT2D eigenvalue weighted by Gasteiger charge is -2.07. The van der Waals surface area contributed by atoms with Crippen LogP contribution in [0, 0.1) is 15.9 Å². The highest BCUT2D eigenvalue weighted by Crippen LogP contribution is 2.26. The predicted octanol–water partition coefficient (Wildman–Crippen LogP) is 3.40. The number of carbonyl (C=O) groups excluding carboxylic acids is 1. The van der Waals surface area contributed by atoms with E-state index in [4.69, 9.17) is 9.47 Å². The molecule has 25 heavy (non-hydrogen) atoms. The number of non-ortho nitro benzene ring substituents is 1. The van der Waals surface area contributed by atoms with Crippen LogP contribution in [0.25, 0.3) is 6.08 Å². The predicted molar refractivity (Wildman–Crippen MR) is 90.3 cm³/mol. The molecule has 1 N–H and O–H groups in total. The van der Waals surface area contributed by atoms with Gasteiger partial charge in [-0.15, -0.1) is 0 Å². The second kappa shape index (κ2) is 7.91. The average Bonchev–Trinajstić information content (AvgIpc) is 2.61. The van der Waals surface area contributed by atoms with Crippen molar-refractivity contribution in [1.82, 2.24) is 0 Å². The number of nitrogens with one attached hydrogen (secondary N) is 1. The molecular weight excluding hydrogens is 331 g/mol. The molecule has 0 spiro atoms. The van der Waals surface area contributed by atoms with Gasteiger partial charge < -0.3 is 14.8 Å². The average molecular weight is 346 g/mol. The third-order valence-electron chi connectivity index (χ3n) is 3.27. The van der Waals surface area contributed by atoms with Crippen LogP contribution >= 0.6 is 0 Å². The summed E-state index contributed by atoms with van der Waals surface area (Å²) in [5, 5.41) is 13.0. The molecule has 0 heterocycles. The number of rotatable bonds is 6. The Balaban J connectivity index is 2.16. The molecule has 0 aliphatic rings. The Hall–Kier alpha value is -3.42. The molecule has 7 nitrogen and oxygen atoms in total. The fraction of sp³-hybridized carbons (Fsp3) is 0.118. The zero-order chi connectivity index (χ0) is 18.4. The van der Waals surface area contributed by atoms with Gasteiger partial charge in [0.25, 0.3) is 5.69 Å². The number of carbonyl (C=O) groups is 1. The van der Waals surface area contributed by atoms with E-state index in [9.17, 15) is 19.3 Å². The summed E-state index contributed by atoms with van der Waals surface area (Å²) in [6, 6.07) is 7.93. The Morgan fingerprint density at radius 1 is 1.20 bits per heavy atom. The molecule has 0 saturated heterocycles. The molecular formula is C17H15FN2O5. The topological polar surface area (TPSA) is 90.7 Å². The molecule has 8 heteroatoms. The molecule has 0 unspecified atom stereocenters. The number of nitro groups is 1. The number of ether oxygens (including phenoxy) is 2. The fourth-order valence-corrected chi connectivity index (χ4v) is 2.02. The van der Waals surface area contributed by atoms with Crippen molar-refractivity contribution in [2.45, 2.75) is 0 Å². The molecule has 0 fully saturated rings. The van der Waals surface area contributed by atoms with Crippen molar-refractivity contribution in [3.8, 4) is 11.5 Å². The third kappa shape index (κ3) is 4.54. The SMILES string of the molecule is COc1ccc(C=CC(=O)Nc2cc([N+](=O)[O-])ccc2F)c(OC)c1. The normalized spacial score (nSPS) is 10.5. The summed E-state index contributed by atoms with van der Waals surface area (Å²) in [6.45, 7) is 0. The Morgan fingerprint density at radius 2 is 1.96 bits per heavy atom. The van der Waals surface area contributed by atoms with E-state index in [1.807, 2.05) is 0 Å². The zero-order valence-electron chi connectivity index (χ0n) is 13.5. The molecule has 2 rings (SSSR count). The lowest BCUT2D eigenvalue weighted by atomic mass is 10.1. The van der Waals surface area contributed by atoms with Gasteiger partial charge in [-0.25, -0.2) is 4.39 Å². The molecule has 0 radical (unpaired) electrons. The Kier molecular flexibility index (Phi) is 5.67. The summed E-state index contributed by atoms with van der Waals surface area (Å²) >= 11 is 0. The van der Waals surface area contributed by atoms with E-state index in [1.165, 1.54) is 26.4 Å². The van der Waals surface area contributed by atoms with Gasteiger partial charge in [-0.3, -0.25) is 14.9 Å². The number of nitro benzene ring substituents is 1. The monoisotopic (exact) mass is 346 g/mol. The van der Waals surface area contributed by atoms with Gasteiger partial charge in [-0.2, -0.15) is 0 Å². The molecule has 0 atom stereocenters. The van der Waals surface area contributed by atoms with Crippen molar-refractivity contribution < 1.29 is 23.6 Å². The second-order valence-corrected chi connectivity index (χ2v) is 4.85. The van der Waals surface area contributed by atoms with Crippen molar-refractivity contribution >= 4 is 23.4 Å². The van der Waals surface area contributed by atoms with Crippen molar-refractivity contribution in [2.24, 2.45) is 0 Å². The number of halogens is 1. The minimum atomic E-state index is -0.769. The zero-order valence-corrected chi connectivity index (χ0v) is 13.5. The highest BCUT2D eigenvalue weighted by Gasteiger charge is 2.12. The fourth-order valence-electron chi connectivity index (χ4n) is 2.02. The van der Waals surface area contributed by atoms with Crippen LogP contribution < -0.4 is 14.8 Å². The van der Waals surface area contributed by atoms with Crippen LogP contribution in [0.3, 0.4) is 0 Å². The van der Waals surface area contributed by atoms with E-state index in [0.29, 0.717) is 17.1 Å². The first-order valence-corrected chi connectivity index (χ1v) is 7.09. The number of hydrogen-bond acceptors (Lipinski definition) is 5. The highest BCUT2D eigenvalue weighted by atomic mass is 19.1. The van der Waals surface area contributed by atoms with E-state index in [0.717, 1.165) is 18.2 Å². The van der Waals surface area contributed by atoms with Crippen LogP contribution in [0.4, 0.5) is 15.8 Å². The first-order chi connectivity index (χ1) is 11.9. The maximum Gasteiger partial charge on any atom is 0.271 e. The van der Waals surface area contributed by atoms with Gasteiger partial charge in [0.05, 0.1) is 24.8 Å². The Morgan fingerprint density at radius 3 is 2.60 bits per heavy atom. The highest BCUT2D eigenvalue weighted by molar-refractivity contribution is 6.02. The van der Waals surface area contributed by atoms with Gasteiger partial charge in [0.15, 0.2) is 0 Å². The lowest BCUT2D eigenvalue weighted by Crippen LogP contribution is -2.09. The van der Waals surface area contributed by atoms with Crippen LogP contribution in [-0.4, -0.2) is 25.1 Å². The summed E-state index contributed by atoms with van der Waals surface area (Å²) in [4.78, 5) is 22.0. The van der Waals surface area contributed by atoms with E-state index >= 15 is 0 Å². The van der Waals surface area contributed by atoms with Crippen LogP contribution in [-0.2, 0) is 4.79 Å². The van der Waals surface area contributed by atoms with Crippen LogP contribution in [0.5, 0.6) is 11.5 Å². The molecule has 0 bridgehead atoms. The van der Waals surface area contributed by atoms with Gasteiger partial charge in [0.2, 0.25) is 5.91 Å². The van der Waals surface area contributed by atoms with Crippen LogP contribution in [0.15, 0.2) is 42.5 Å². The molecule has 0 aliphatic carbocycles. The van der Waals surface area contributed by atoms with Crippen molar-refractivity contribution in [2.75, 3.05) is 19.5 Å². The summed E-state index contributed by atoms with van der Waals surface area (Å²) in [5.74, 6) is -0.325. The van der Waals surface area contributed by atoms with Crippen molar-refractivity contribution in [3.05, 3.63) is 64.0 Å². The minimum absolute atomic E-state index is 0.273. The standard InChI is InChI=1S/C17H15FN2O5/c1-24-13-6-3-11(16(10-13)25-2)4-8-17(21)19-15-9-12(20(22)23)5-7-14(15)18/h3-10H,1-2H3,(H,19,21). The van der Waals surface area contributed by atoms with Gasteiger partial charge in [0.1, 0.15) is 17.3 Å². The summed E-state index contributed by atoms with van der Waals surface area (Å²) in [6.07, 6.45) is 2.64. The van der Waals surface area contributed by atoms with Gasteiger partial charge in [0, 0.05) is 29.8 Å². The summed E-state index contributed by atoms with van der Waals surface area (Å²) < 4.78 is 23.9. The minimum Gasteiger partial charge on any atom is -0.497 e. The molecule has 130 valence electrons. The lowest BCUT2D eigenvalue weighted by molar-refractivity contribution is -0.384. The maximum absolute atomic E-state index is 13.7. The number of benzene rings is 2. The molecule has 0 saturated carbocycles. The largest absolute Gasteiger partial charge is 0.497 e. The summed E-state index contributed by atoms with van der Waals surface area (Å²) in [7, 11) is 3.00. The number of methoxy groups -OCH3 is 2. The summed E-state index contributed by atoms with van der Waals surface area (Å²) in [5.41, 5.74) is 0.0148. The smallest absolute Gasteiger partial charge is 0.271 e. The molecule has 2 aromatic carbocycles. The maximum atomic E-state index is 13.7. The van der Waals surface area contributed by atoms with E-state index in [-0.39, 0.29) is 11.4 Å². The van der Waals surface area contributed by atoms with Crippen molar-refractivity contribution in [3.63, 3.8) is 0 Å². The number of anilines is 1. The number of amides is 1. The number of hydrogen-bond donors (Lipinski definition) is 1. The van der Waals surface area contributed by atoms with E-state index in [2.05, 4.69) is 5.32 Å². The van der Waals surface area contributed by atoms with Gasteiger partial charge in [-0.05, 0) is 24.3 Å². The molecule has 1 amide bonds. The quantitative estimate of drug-likeness (QED) is 0.492. The molecule has 0 aromatic heterocycles. The van der Waals surface area contributed by atoms with Crippen LogP contribution in [0.2, 0.25) is 0 Å². The molecule has 2 aromatic rings. The first kappa shape index (κ1) is 17.9. The second-order valence-electron chi connectivity index (χ2n) is 4.85. The van der Waals surface area contributed by atoms with Crippen LogP contribution in [0.1, 0.15) is 5.56 Å². The first-order valence-electron chi connectivity index (χ1n) is 7.09. The third-order valence-corrected chi connectivity index (χ3v) is 3.27. The van der Waals surface area contributed by atoms with E-state index in [1.54, 1.807) is 18.2 Å². The van der Waals surface area contributed by atoms with Gasteiger partial charge >= 0.3 is 0 Å². The Labute approximate surface area is 142 Å². The molecule has 0 aliphatic heterocycles. The number of nitrogens with zero attached hydrogens (tertiary/aromatic N) is 1. The van der Waals surface area contributed by atoms with Crippen molar-refractivity contribution in [1.29, 1.82) is 0 Å². The van der Waals surface area contributed by atoms with Gasteiger partial charge in [-0.1, -0.05) is 0 Å². The Bertz CT molecular complexity index is 836. The van der Waals surface area contributed by atoms with E-state index < -0.39 is 16.6 Å².